The Morgan fingerprint density at radius 1 is 0.963 bits per heavy atom. The van der Waals surface area contributed by atoms with Crippen molar-refractivity contribution >= 4 is 34.0 Å². The number of imide groups is 1. The van der Waals surface area contributed by atoms with Crippen molar-refractivity contribution in [2.45, 2.75) is 12.8 Å². The highest BCUT2D eigenvalue weighted by molar-refractivity contribution is 9.10. The first-order chi connectivity index (χ1) is 13.1. The Balaban J connectivity index is 1.37. The molecule has 27 heavy (non-hydrogen) atoms. The fourth-order valence-corrected chi connectivity index (χ4v) is 4.74. The van der Waals surface area contributed by atoms with Crippen molar-refractivity contribution < 1.29 is 14.0 Å². The Morgan fingerprint density at radius 3 is 2.19 bits per heavy atom. The summed E-state index contributed by atoms with van der Waals surface area (Å²) in [7, 11) is 0. The van der Waals surface area contributed by atoms with Gasteiger partial charge in [0.1, 0.15) is 11.5 Å². The Hall–Kier alpha value is -2.47. The second kappa shape index (κ2) is 6.30. The second-order valence-electron chi connectivity index (χ2n) is 7.28. The minimum atomic E-state index is -0.242. The molecule has 1 aliphatic heterocycles. The molecule has 2 bridgehead atoms. The van der Waals surface area contributed by atoms with E-state index in [1.54, 1.807) is 6.07 Å². The van der Waals surface area contributed by atoms with Gasteiger partial charge in [-0.15, -0.1) is 0 Å². The molecule has 2 heterocycles. The van der Waals surface area contributed by atoms with Gasteiger partial charge < -0.3 is 4.42 Å². The molecule has 0 spiro atoms. The van der Waals surface area contributed by atoms with E-state index in [4.69, 9.17) is 4.42 Å². The smallest absolute Gasteiger partial charge is 0.254 e. The van der Waals surface area contributed by atoms with Gasteiger partial charge in [0.15, 0.2) is 0 Å². The number of hydrazone groups is 1. The molecular weight excluding hydrogens is 408 g/mol. The van der Waals surface area contributed by atoms with Crippen LogP contribution in [0.2, 0.25) is 0 Å². The van der Waals surface area contributed by atoms with Crippen LogP contribution in [0.4, 0.5) is 0 Å². The van der Waals surface area contributed by atoms with Crippen molar-refractivity contribution in [3.05, 3.63) is 58.8 Å². The summed E-state index contributed by atoms with van der Waals surface area (Å²) in [4.78, 5) is 25.5. The first kappa shape index (κ1) is 16.7. The predicted molar refractivity (Wildman–Crippen MR) is 104 cm³/mol. The zero-order valence-electron chi connectivity index (χ0n) is 14.4. The zero-order chi connectivity index (χ0) is 18.5. The predicted octanol–water partition coefficient (Wildman–Crippen LogP) is 4.24. The van der Waals surface area contributed by atoms with Gasteiger partial charge in [-0.25, -0.2) is 0 Å². The van der Waals surface area contributed by atoms with Crippen molar-refractivity contribution in [2.75, 3.05) is 0 Å². The standard InChI is InChI=1S/C21H17BrN2O3/c22-15-7-5-12(6-8-15)17-10-9-16(27-17)11-23-24-20(25)18-13-1-2-14(4-3-13)19(18)21(24)26/h1-2,5-11,13-14,18-19H,3-4H2/b23-11-/t13-,14-,18-,19+/m0/s1. The molecular formula is C21H17BrN2O3. The van der Waals surface area contributed by atoms with Crippen molar-refractivity contribution in [1.82, 2.24) is 5.01 Å². The van der Waals surface area contributed by atoms with Crippen LogP contribution < -0.4 is 0 Å². The van der Waals surface area contributed by atoms with Gasteiger partial charge in [0.25, 0.3) is 11.8 Å². The Kier molecular flexibility index (Phi) is 3.90. The Morgan fingerprint density at radius 2 is 1.59 bits per heavy atom. The number of benzene rings is 1. The largest absolute Gasteiger partial charge is 0.455 e. The molecule has 1 aromatic carbocycles. The number of amides is 2. The minimum absolute atomic E-state index is 0.171. The number of rotatable bonds is 3. The molecule has 1 saturated heterocycles. The molecule has 4 aliphatic rings. The zero-order valence-corrected chi connectivity index (χ0v) is 16.0. The summed E-state index contributed by atoms with van der Waals surface area (Å²) in [6.45, 7) is 0. The van der Waals surface area contributed by atoms with Crippen LogP contribution in [0.15, 0.2) is 62.5 Å². The van der Waals surface area contributed by atoms with Crippen LogP contribution in [-0.4, -0.2) is 23.0 Å². The first-order valence-corrected chi connectivity index (χ1v) is 9.87. The molecule has 6 heteroatoms. The number of hydrogen-bond donors (Lipinski definition) is 0. The number of carbonyl (C=O) groups excluding carboxylic acids is 2. The van der Waals surface area contributed by atoms with Gasteiger partial charge in [-0.1, -0.05) is 40.2 Å². The van der Waals surface area contributed by atoms with Crippen molar-refractivity contribution in [2.24, 2.45) is 28.8 Å². The van der Waals surface area contributed by atoms with Crippen molar-refractivity contribution in [1.29, 1.82) is 0 Å². The third kappa shape index (κ3) is 2.70. The van der Waals surface area contributed by atoms with Gasteiger partial charge in [-0.05, 0) is 48.9 Å². The average Bonchev–Trinajstić information content (AvgIpc) is 3.26. The molecule has 136 valence electrons. The minimum Gasteiger partial charge on any atom is -0.455 e. The second-order valence-corrected chi connectivity index (χ2v) is 8.20. The SMILES string of the molecule is O=C1[C@@H]2[C@H](C(=O)N1/N=C\c1ccc(-c3ccc(Br)cc3)o1)[C@H]1C=C[C@H]2CC1. The summed E-state index contributed by atoms with van der Waals surface area (Å²) in [6, 6.07) is 11.4. The van der Waals surface area contributed by atoms with Crippen LogP contribution in [0, 0.1) is 23.7 Å². The summed E-state index contributed by atoms with van der Waals surface area (Å²) in [5.41, 5.74) is 0.944. The number of carbonyl (C=O) groups is 2. The highest BCUT2D eigenvalue weighted by atomic mass is 79.9. The van der Waals surface area contributed by atoms with Gasteiger partial charge in [-0.3, -0.25) is 9.59 Å². The number of nitrogens with zero attached hydrogens (tertiary/aromatic N) is 2. The van der Waals surface area contributed by atoms with E-state index in [9.17, 15) is 9.59 Å². The lowest BCUT2D eigenvalue weighted by molar-refractivity contribution is -0.140. The molecule has 4 atom stereocenters. The lowest BCUT2D eigenvalue weighted by Gasteiger charge is -2.37. The number of allylic oxidation sites excluding steroid dienone is 2. The van der Waals surface area contributed by atoms with Gasteiger partial charge in [0, 0.05) is 10.0 Å². The normalized spacial score (nSPS) is 29.1. The molecule has 1 aromatic heterocycles. The maximum absolute atomic E-state index is 12.7. The summed E-state index contributed by atoms with van der Waals surface area (Å²) >= 11 is 3.41. The number of hydrogen-bond acceptors (Lipinski definition) is 4. The number of furan rings is 1. The summed E-state index contributed by atoms with van der Waals surface area (Å²) < 4.78 is 6.78. The lowest BCUT2D eigenvalue weighted by Crippen LogP contribution is -2.38. The van der Waals surface area contributed by atoms with E-state index in [-0.39, 0.29) is 35.5 Å². The third-order valence-electron chi connectivity index (χ3n) is 5.79. The average molecular weight is 425 g/mol. The molecule has 0 unspecified atom stereocenters. The molecule has 2 fully saturated rings. The highest BCUT2D eigenvalue weighted by Crippen LogP contribution is 2.49. The maximum atomic E-state index is 12.7. The van der Waals surface area contributed by atoms with Gasteiger partial charge >= 0.3 is 0 Å². The van der Waals surface area contributed by atoms with Gasteiger partial charge in [0.2, 0.25) is 0 Å². The van der Waals surface area contributed by atoms with Gasteiger partial charge in [-0.2, -0.15) is 10.1 Å². The van der Waals surface area contributed by atoms with E-state index in [1.165, 1.54) is 6.21 Å². The lowest BCUT2D eigenvalue weighted by atomic mass is 9.63. The van der Waals surface area contributed by atoms with Crippen molar-refractivity contribution in [3.63, 3.8) is 0 Å². The van der Waals surface area contributed by atoms with Crippen LogP contribution in [0.3, 0.4) is 0 Å². The van der Waals surface area contributed by atoms with Crippen LogP contribution in [0.1, 0.15) is 18.6 Å². The molecule has 2 aromatic rings. The van der Waals surface area contributed by atoms with E-state index in [0.717, 1.165) is 27.9 Å². The molecule has 0 radical (unpaired) electrons. The molecule has 3 aliphatic carbocycles. The molecule has 1 saturated carbocycles. The fraction of sp³-hybridized carbons (Fsp3) is 0.286. The monoisotopic (exact) mass is 424 g/mol. The van der Waals surface area contributed by atoms with Crippen LogP contribution in [0.5, 0.6) is 0 Å². The Labute approximate surface area is 164 Å². The maximum Gasteiger partial charge on any atom is 0.254 e. The van der Waals surface area contributed by atoms with Crippen LogP contribution >= 0.6 is 15.9 Å². The van der Waals surface area contributed by atoms with E-state index in [1.807, 2.05) is 30.3 Å². The number of fused-ring (bicyclic) bond motifs is 1. The third-order valence-corrected chi connectivity index (χ3v) is 6.32. The molecule has 2 amide bonds. The Bertz CT molecular complexity index is 944. The number of halogens is 1. The topological polar surface area (TPSA) is 62.9 Å². The van der Waals surface area contributed by atoms with E-state index < -0.39 is 0 Å². The van der Waals surface area contributed by atoms with Gasteiger partial charge in [0.05, 0.1) is 18.1 Å². The molecule has 5 nitrogen and oxygen atoms in total. The van der Waals surface area contributed by atoms with Crippen LogP contribution in [-0.2, 0) is 9.59 Å². The van der Waals surface area contributed by atoms with E-state index in [2.05, 4.69) is 33.2 Å². The fourth-order valence-electron chi connectivity index (χ4n) is 4.48. The summed E-state index contributed by atoms with van der Waals surface area (Å²) in [6.07, 6.45) is 7.61. The first-order valence-electron chi connectivity index (χ1n) is 9.08. The quantitative estimate of drug-likeness (QED) is 0.420. The van der Waals surface area contributed by atoms with Crippen LogP contribution in [0.25, 0.3) is 11.3 Å². The molecule has 6 rings (SSSR count). The van der Waals surface area contributed by atoms with E-state index >= 15 is 0 Å². The van der Waals surface area contributed by atoms with E-state index in [0.29, 0.717) is 11.5 Å². The highest BCUT2D eigenvalue weighted by Gasteiger charge is 2.56. The summed E-state index contributed by atoms with van der Waals surface area (Å²) in [5, 5.41) is 5.23. The summed E-state index contributed by atoms with van der Waals surface area (Å²) in [5.74, 6) is 0.707. The van der Waals surface area contributed by atoms with Crippen molar-refractivity contribution in [3.8, 4) is 11.3 Å². The molecule has 0 N–H and O–H groups in total.